The zero-order valence-corrected chi connectivity index (χ0v) is 13.5. The standard InChI is InChI=1S/C16H20FN5O2/c1-2-9-22-11-20-21-14(22)10-19-15(23)7-8-18-16(24)12-5-3-4-6-13(12)17/h3-6,11H,2,7-10H2,1H3,(H,18,24)(H,19,23). The van der Waals surface area contributed by atoms with Gasteiger partial charge in [0, 0.05) is 19.5 Å². The molecule has 2 amide bonds. The molecular formula is C16H20FN5O2. The minimum atomic E-state index is -0.588. The van der Waals surface area contributed by atoms with Crippen LogP contribution in [0.4, 0.5) is 4.39 Å². The zero-order valence-electron chi connectivity index (χ0n) is 13.5. The van der Waals surface area contributed by atoms with Gasteiger partial charge in [0.1, 0.15) is 12.1 Å². The fourth-order valence-corrected chi connectivity index (χ4v) is 2.14. The predicted molar refractivity (Wildman–Crippen MR) is 85.5 cm³/mol. The number of amides is 2. The first kappa shape index (κ1) is 17.6. The van der Waals surface area contributed by atoms with Gasteiger partial charge in [-0.05, 0) is 18.6 Å². The highest BCUT2D eigenvalue weighted by atomic mass is 19.1. The van der Waals surface area contributed by atoms with Crippen LogP contribution in [0.2, 0.25) is 0 Å². The van der Waals surface area contributed by atoms with Gasteiger partial charge in [0.05, 0.1) is 12.1 Å². The maximum atomic E-state index is 13.4. The van der Waals surface area contributed by atoms with Gasteiger partial charge in [-0.15, -0.1) is 10.2 Å². The van der Waals surface area contributed by atoms with Crippen molar-refractivity contribution in [2.24, 2.45) is 0 Å². The number of hydrogen-bond acceptors (Lipinski definition) is 4. The van der Waals surface area contributed by atoms with Crippen molar-refractivity contribution < 1.29 is 14.0 Å². The number of carbonyl (C=O) groups is 2. The number of halogens is 1. The molecule has 1 aromatic heterocycles. The van der Waals surface area contributed by atoms with Gasteiger partial charge in [-0.3, -0.25) is 9.59 Å². The molecular weight excluding hydrogens is 313 g/mol. The Labute approximate surface area is 139 Å². The first-order chi connectivity index (χ1) is 11.6. The molecule has 0 aliphatic heterocycles. The molecule has 0 unspecified atom stereocenters. The van der Waals surface area contributed by atoms with Gasteiger partial charge in [0.2, 0.25) is 5.91 Å². The van der Waals surface area contributed by atoms with Gasteiger partial charge in [0.15, 0.2) is 5.82 Å². The first-order valence-corrected chi connectivity index (χ1v) is 7.78. The summed E-state index contributed by atoms with van der Waals surface area (Å²) in [5, 5.41) is 13.0. The van der Waals surface area contributed by atoms with E-state index in [2.05, 4.69) is 20.8 Å². The molecule has 2 rings (SSSR count). The summed E-state index contributed by atoms with van der Waals surface area (Å²) in [4.78, 5) is 23.6. The Kier molecular flexibility index (Phi) is 6.41. The van der Waals surface area contributed by atoms with Crippen LogP contribution in [-0.2, 0) is 17.9 Å². The second-order valence-corrected chi connectivity index (χ2v) is 5.20. The van der Waals surface area contributed by atoms with Crippen molar-refractivity contribution >= 4 is 11.8 Å². The number of benzene rings is 1. The Hall–Kier alpha value is -2.77. The van der Waals surface area contributed by atoms with E-state index < -0.39 is 11.7 Å². The van der Waals surface area contributed by atoms with Gasteiger partial charge in [-0.25, -0.2) is 4.39 Å². The SMILES string of the molecule is CCCn1cnnc1CNC(=O)CCNC(=O)c1ccccc1F. The Bertz CT molecular complexity index is 701. The van der Waals surface area contributed by atoms with Gasteiger partial charge in [0.25, 0.3) is 5.91 Å². The van der Waals surface area contributed by atoms with Gasteiger partial charge >= 0.3 is 0 Å². The summed E-state index contributed by atoms with van der Waals surface area (Å²) in [6.45, 7) is 3.23. The lowest BCUT2D eigenvalue weighted by Gasteiger charge is -2.08. The van der Waals surface area contributed by atoms with Crippen LogP contribution in [0.15, 0.2) is 30.6 Å². The average Bonchev–Trinajstić information content (AvgIpc) is 3.01. The van der Waals surface area contributed by atoms with Crippen LogP contribution in [-0.4, -0.2) is 33.1 Å². The molecule has 2 N–H and O–H groups in total. The van der Waals surface area contributed by atoms with Crippen molar-refractivity contribution in [2.75, 3.05) is 6.54 Å². The summed E-state index contributed by atoms with van der Waals surface area (Å²) in [6.07, 6.45) is 2.67. The Morgan fingerprint density at radius 2 is 2.04 bits per heavy atom. The summed E-state index contributed by atoms with van der Waals surface area (Å²) in [6, 6.07) is 5.70. The number of carbonyl (C=O) groups excluding carboxylic acids is 2. The third-order valence-electron chi connectivity index (χ3n) is 3.36. The van der Waals surface area contributed by atoms with E-state index in [1.165, 1.54) is 18.2 Å². The monoisotopic (exact) mass is 333 g/mol. The van der Waals surface area contributed by atoms with E-state index in [4.69, 9.17) is 0 Å². The van der Waals surface area contributed by atoms with Gasteiger partial charge in [-0.1, -0.05) is 19.1 Å². The lowest BCUT2D eigenvalue weighted by molar-refractivity contribution is -0.121. The van der Waals surface area contributed by atoms with E-state index in [-0.39, 0.29) is 31.0 Å². The molecule has 1 heterocycles. The average molecular weight is 333 g/mol. The van der Waals surface area contributed by atoms with Crippen LogP contribution in [0.3, 0.4) is 0 Å². The van der Waals surface area contributed by atoms with Gasteiger partial charge in [-0.2, -0.15) is 0 Å². The number of nitrogens with zero attached hydrogens (tertiary/aromatic N) is 3. The van der Waals surface area contributed by atoms with Crippen LogP contribution in [0.25, 0.3) is 0 Å². The van der Waals surface area contributed by atoms with E-state index in [0.717, 1.165) is 13.0 Å². The molecule has 0 atom stereocenters. The molecule has 0 saturated heterocycles. The van der Waals surface area contributed by atoms with Gasteiger partial charge < -0.3 is 15.2 Å². The smallest absolute Gasteiger partial charge is 0.254 e. The molecule has 0 spiro atoms. The molecule has 0 bridgehead atoms. The molecule has 8 heteroatoms. The molecule has 0 radical (unpaired) electrons. The largest absolute Gasteiger partial charge is 0.351 e. The van der Waals surface area contributed by atoms with E-state index in [1.54, 1.807) is 12.4 Å². The Balaban J connectivity index is 1.72. The number of hydrogen-bond donors (Lipinski definition) is 2. The van der Waals surface area contributed by atoms with Crippen molar-refractivity contribution in [2.45, 2.75) is 32.9 Å². The second-order valence-electron chi connectivity index (χ2n) is 5.20. The minimum absolute atomic E-state index is 0.0365. The predicted octanol–water partition coefficient (Wildman–Crippen LogP) is 1.26. The van der Waals surface area contributed by atoms with Crippen molar-refractivity contribution in [3.05, 3.63) is 47.8 Å². The van der Waals surface area contributed by atoms with Crippen LogP contribution < -0.4 is 10.6 Å². The highest BCUT2D eigenvalue weighted by Crippen LogP contribution is 2.05. The highest BCUT2D eigenvalue weighted by molar-refractivity contribution is 5.94. The minimum Gasteiger partial charge on any atom is -0.351 e. The van der Waals surface area contributed by atoms with E-state index in [9.17, 15) is 14.0 Å². The highest BCUT2D eigenvalue weighted by Gasteiger charge is 2.11. The maximum Gasteiger partial charge on any atom is 0.254 e. The summed E-state index contributed by atoms with van der Waals surface area (Å²) in [7, 11) is 0. The van der Waals surface area contributed by atoms with E-state index in [0.29, 0.717) is 5.82 Å². The fraction of sp³-hybridized carbons (Fsp3) is 0.375. The normalized spacial score (nSPS) is 10.4. The van der Waals surface area contributed by atoms with Crippen LogP contribution in [0.1, 0.15) is 35.9 Å². The summed E-state index contributed by atoms with van der Waals surface area (Å²) in [5.74, 6) is -0.672. The maximum absolute atomic E-state index is 13.4. The molecule has 7 nitrogen and oxygen atoms in total. The molecule has 0 fully saturated rings. The van der Waals surface area contributed by atoms with Crippen LogP contribution >= 0.6 is 0 Å². The number of nitrogens with one attached hydrogen (secondary N) is 2. The Morgan fingerprint density at radius 3 is 2.79 bits per heavy atom. The van der Waals surface area contributed by atoms with Crippen molar-refractivity contribution in [1.29, 1.82) is 0 Å². The summed E-state index contributed by atoms with van der Waals surface area (Å²) in [5.41, 5.74) is -0.0365. The lowest BCUT2D eigenvalue weighted by Crippen LogP contribution is -2.31. The molecule has 2 aromatic rings. The molecule has 1 aromatic carbocycles. The number of aromatic nitrogens is 3. The first-order valence-electron chi connectivity index (χ1n) is 7.78. The molecule has 128 valence electrons. The quantitative estimate of drug-likeness (QED) is 0.761. The number of rotatable bonds is 8. The van der Waals surface area contributed by atoms with E-state index in [1.807, 2.05) is 11.5 Å². The van der Waals surface area contributed by atoms with Crippen LogP contribution in [0, 0.1) is 5.82 Å². The fourth-order valence-electron chi connectivity index (χ4n) is 2.14. The number of aryl methyl sites for hydroxylation is 1. The van der Waals surface area contributed by atoms with Crippen LogP contribution in [0.5, 0.6) is 0 Å². The third kappa shape index (κ3) is 4.87. The molecule has 0 aliphatic carbocycles. The summed E-state index contributed by atoms with van der Waals surface area (Å²) < 4.78 is 15.3. The second kappa shape index (κ2) is 8.76. The molecule has 0 saturated carbocycles. The van der Waals surface area contributed by atoms with Crippen molar-refractivity contribution in [1.82, 2.24) is 25.4 Å². The van der Waals surface area contributed by atoms with Crippen molar-refractivity contribution in [3.63, 3.8) is 0 Å². The zero-order chi connectivity index (χ0) is 17.4. The Morgan fingerprint density at radius 1 is 1.25 bits per heavy atom. The third-order valence-corrected chi connectivity index (χ3v) is 3.36. The molecule has 24 heavy (non-hydrogen) atoms. The summed E-state index contributed by atoms with van der Waals surface area (Å²) >= 11 is 0. The topological polar surface area (TPSA) is 88.9 Å². The molecule has 0 aliphatic rings. The lowest BCUT2D eigenvalue weighted by atomic mass is 10.2. The van der Waals surface area contributed by atoms with Crippen molar-refractivity contribution in [3.8, 4) is 0 Å². The van der Waals surface area contributed by atoms with E-state index >= 15 is 0 Å².